The molecule has 9 rings (SSSR count). The van der Waals surface area contributed by atoms with E-state index in [1.54, 1.807) is 24.8 Å². The summed E-state index contributed by atoms with van der Waals surface area (Å²) in [5.41, 5.74) is 5.44. The number of pyridine rings is 4. The summed E-state index contributed by atoms with van der Waals surface area (Å²) >= 11 is 0. The largest absolute Gasteiger partial charge is 2.00 e. The van der Waals surface area contributed by atoms with Crippen molar-refractivity contribution in [2.45, 2.75) is 0 Å². The van der Waals surface area contributed by atoms with Crippen molar-refractivity contribution in [1.82, 2.24) is 59.8 Å². The molecule has 0 aliphatic carbocycles. The number of hydrogen-bond donors (Lipinski definition) is 0. The fourth-order valence-corrected chi connectivity index (χ4v) is 4.96. The number of nitrogens with zero attached hydrogens (tertiary/aromatic N) is 12. The smallest absolute Gasteiger partial charge is 0.356 e. The second kappa shape index (κ2) is 8.80. The van der Waals surface area contributed by atoms with Crippen molar-refractivity contribution in [3.05, 3.63) is 73.3 Å². The molecule has 41 heavy (non-hydrogen) atoms. The summed E-state index contributed by atoms with van der Waals surface area (Å²) in [5.74, 6) is 1.61. The molecule has 12 nitrogen and oxygen atoms in total. The Morgan fingerprint density at radius 3 is 1.32 bits per heavy atom. The van der Waals surface area contributed by atoms with Crippen molar-refractivity contribution in [3.63, 3.8) is 0 Å². The molecule has 0 aromatic carbocycles. The normalized spacial score (nSPS) is 11.7. The molecule has 2 aliphatic heterocycles. The Hall–Kier alpha value is -5.42. The molecule has 0 saturated heterocycles. The van der Waals surface area contributed by atoms with E-state index in [1.165, 1.54) is 0 Å². The van der Waals surface area contributed by atoms with E-state index in [2.05, 4.69) is 19.9 Å². The van der Waals surface area contributed by atoms with Crippen LogP contribution in [0.4, 0.5) is 0 Å². The van der Waals surface area contributed by atoms with Gasteiger partial charge in [-0.2, -0.15) is 0 Å². The van der Waals surface area contributed by atoms with Crippen molar-refractivity contribution >= 4 is 44.4 Å². The maximum atomic E-state index is 4.82. The minimum Gasteiger partial charge on any atom is -0.356 e. The van der Waals surface area contributed by atoms with Gasteiger partial charge in [0.15, 0.2) is 0 Å². The van der Waals surface area contributed by atoms with Gasteiger partial charge in [-0.15, -0.1) is 0 Å². The molecule has 0 amide bonds. The van der Waals surface area contributed by atoms with E-state index in [9.17, 15) is 0 Å². The van der Waals surface area contributed by atoms with Gasteiger partial charge >= 0.3 is 19.5 Å². The second-order valence-corrected chi connectivity index (χ2v) is 9.08. The van der Waals surface area contributed by atoms with Crippen molar-refractivity contribution < 1.29 is 19.5 Å². The SMILES string of the molecule is [Zn+2].c1cnc2c(c1)-c1nc-2nc2[n-]c(nc3nc(nc4[n-]c(n1)c1ncccc41)-c1ncccc1-3)c1ncccc21. The average Bonchev–Trinajstić information content (AvgIpc) is 3.73. The molecule has 0 unspecified atom stereocenters. The summed E-state index contributed by atoms with van der Waals surface area (Å²) in [5, 5.41) is 1.46. The first-order valence-corrected chi connectivity index (χ1v) is 12.3. The zero-order valence-corrected chi connectivity index (χ0v) is 24.0. The van der Waals surface area contributed by atoms with Crippen LogP contribution in [0.5, 0.6) is 0 Å². The van der Waals surface area contributed by atoms with E-state index in [0.29, 0.717) is 68.3 Å². The van der Waals surface area contributed by atoms with Crippen LogP contribution in [0.1, 0.15) is 0 Å². The van der Waals surface area contributed by atoms with Crippen molar-refractivity contribution in [1.29, 1.82) is 0 Å². The molecule has 13 heteroatoms. The monoisotopic (exact) mass is 580 g/mol. The van der Waals surface area contributed by atoms with Gasteiger partial charge in [0.25, 0.3) is 0 Å². The summed E-state index contributed by atoms with van der Waals surface area (Å²) in [6.45, 7) is 0. The zero-order valence-electron chi connectivity index (χ0n) is 21.0. The number of rotatable bonds is 0. The molecule has 0 spiro atoms. The molecule has 186 valence electrons. The Balaban J connectivity index is 0.00000256. The van der Waals surface area contributed by atoms with Crippen molar-refractivity contribution in [3.8, 4) is 45.8 Å². The first-order valence-electron chi connectivity index (χ1n) is 12.3. The van der Waals surface area contributed by atoms with Crippen LogP contribution in [0, 0.1) is 0 Å². The molecule has 7 aromatic heterocycles. The molecular formula is C28H12N12Zn. The van der Waals surface area contributed by atoms with Gasteiger partial charge in [0.1, 0.15) is 23.0 Å². The Bertz CT molecular complexity index is 2040. The molecule has 0 saturated carbocycles. The van der Waals surface area contributed by atoms with Gasteiger partial charge in [-0.25, -0.2) is 9.97 Å². The third-order valence-electron chi connectivity index (χ3n) is 6.74. The van der Waals surface area contributed by atoms with Gasteiger partial charge in [-0.05, 0) is 36.4 Å². The first-order chi connectivity index (χ1) is 19.8. The summed E-state index contributed by atoms with van der Waals surface area (Å²) < 4.78 is 0. The Labute approximate surface area is 242 Å². The zero-order chi connectivity index (χ0) is 26.2. The predicted molar refractivity (Wildman–Crippen MR) is 145 cm³/mol. The van der Waals surface area contributed by atoms with Crippen LogP contribution >= 0.6 is 0 Å². The first kappa shape index (κ1) is 23.5. The minimum atomic E-state index is 0. The standard InChI is InChI=1S/C28H12N12.Zn/c1-5-13-17(29-9-1)25-33-21(13)37-26-18-14(6-2-10-30-18)23(34-26)39-28-20-16(8-4-12-32-20)24(36-28)40-27-19-15(7-3-11-31-19)22(35-27)38-25;/h1-12H;/q-2;+2. The van der Waals surface area contributed by atoms with E-state index in [-0.39, 0.29) is 19.5 Å². The Kier molecular flexibility index (Phi) is 5.04. The van der Waals surface area contributed by atoms with Gasteiger partial charge < -0.3 is 29.9 Å². The van der Waals surface area contributed by atoms with Crippen molar-refractivity contribution in [2.75, 3.05) is 0 Å². The van der Waals surface area contributed by atoms with Crippen molar-refractivity contribution in [2.24, 2.45) is 0 Å². The van der Waals surface area contributed by atoms with Crippen LogP contribution in [-0.2, 0) is 19.5 Å². The number of hydrogen-bond acceptors (Lipinski definition) is 10. The van der Waals surface area contributed by atoms with Gasteiger partial charge in [0.2, 0.25) is 0 Å². The average molecular weight is 582 g/mol. The summed E-state index contributed by atoms with van der Waals surface area (Å²) in [4.78, 5) is 56.5. The predicted octanol–water partition coefficient (Wildman–Crippen LogP) is 3.70. The molecular weight excluding hydrogens is 570 g/mol. The maximum absolute atomic E-state index is 4.82. The Morgan fingerprint density at radius 1 is 0.415 bits per heavy atom. The number of aromatic nitrogens is 12. The van der Waals surface area contributed by atoms with Crippen LogP contribution in [0.3, 0.4) is 0 Å². The van der Waals surface area contributed by atoms with Crippen LogP contribution < -0.4 is 9.97 Å². The van der Waals surface area contributed by atoms with E-state index in [4.69, 9.17) is 39.9 Å². The molecule has 0 radical (unpaired) electrons. The fraction of sp³-hybridized carbons (Fsp3) is 0. The molecule has 0 atom stereocenters. The van der Waals surface area contributed by atoms with Gasteiger partial charge in [0, 0.05) is 69.3 Å². The van der Waals surface area contributed by atoms with Crippen LogP contribution in [0.15, 0.2) is 73.3 Å². The van der Waals surface area contributed by atoms with Crippen LogP contribution in [0.25, 0.3) is 90.2 Å². The Morgan fingerprint density at radius 2 is 0.829 bits per heavy atom. The molecule has 7 aromatic rings. The topological polar surface area (TPSA) is 157 Å². The minimum absolute atomic E-state index is 0. The van der Waals surface area contributed by atoms with Crippen LogP contribution in [0.2, 0.25) is 0 Å². The summed E-state index contributed by atoms with van der Waals surface area (Å²) in [6.07, 6.45) is 6.78. The quantitative estimate of drug-likeness (QED) is 0.239. The molecule has 9 heterocycles. The fourth-order valence-electron chi connectivity index (χ4n) is 4.96. The van der Waals surface area contributed by atoms with E-state index in [0.717, 1.165) is 21.9 Å². The van der Waals surface area contributed by atoms with E-state index >= 15 is 0 Å². The third-order valence-corrected chi connectivity index (χ3v) is 6.74. The molecule has 8 bridgehead atoms. The second-order valence-electron chi connectivity index (χ2n) is 9.08. The van der Waals surface area contributed by atoms with E-state index in [1.807, 2.05) is 48.5 Å². The van der Waals surface area contributed by atoms with Gasteiger partial charge in [0.05, 0.1) is 22.7 Å². The van der Waals surface area contributed by atoms with Gasteiger partial charge in [-0.3, -0.25) is 19.9 Å². The summed E-state index contributed by atoms with van der Waals surface area (Å²) in [7, 11) is 0. The third kappa shape index (κ3) is 3.49. The van der Waals surface area contributed by atoms with Gasteiger partial charge in [-0.1, -0.05) is 12.1 Å². The summed E-state index contributed by atoms with van der Waals surface area (Å²) in [6, 6.07) is 14.9. The van der Waals surface area contributed by atoms with E-state index < -0.39 is 0 Å². The molecule has 0 N–H and O–H groups in total. The molecule has 2 aliphatic rings. The molecule has 0 fully saturated rings. The number of fused-ring (bicyclic) bond motifs is 20. The maximum Gasteiger partial charge on any atom is 2.00 e. The van der Waals surface area contributed by atoms with Crippen LogP contribution in [-0.4, -0.2) is 49.8 Å².